The van der Waals surface area contributed by atoms with Gasteiger partial charge in [0.15, 0.2) is 0 Å². The summed E-state index contributed by atoms with van der Waals surface area (Å²) < 4.78 is 5.55. The highest BCUT2D eigenvalue weighted by molar-refractivity contribution is 6.31. The van der Waals surface area contributed by atoms with Gasteiger partial charge in [0, 0.05) is 13.6 Å². The van der Waals surface area contributed by atoms with Gasteiger partial charge in [-0.1, -0.05) is 36.4 Å². The molecule has 0 N–H and O–H groups in total. The number of hydrogen-bond acceptors (Lipinski definition) is 2. The summed E-state index contributed by atoms with van der Waals surface area (Å²) in [5.41, 5.74) is 1.51. The first-order valence-corrected chi connectivity index (χ1v) is 7.10. The second kappa shape index (κ2) is 9.03. The zero-order valence-corrected chi connectivity index (χ0v) is 13.5. The standard InChI is InChI=1S/C17H21ClN2O/c1-5-20(4)13-19-17(15(3)18)11-14(2)12-21-16-9-7-6-8-10-16/h6-13H,3,5H2,1-2,4H3/b14-12+,17-11+,19-13+. The van der Waals surface area contributed by atoms with Gasteiger partial charge in [-0.05, 0) is 37.6 Å². The van der Waals surface area contributed by atoms with Crippen LogP contribution in [-0.4, -0.2) is 24.8 Å². The molecule has 0 saturated heterocycles. The molecule has 3 nitrogen and oxygen atoms in total. The summed E-state index contributed by atoms with van der Waals surface area (Å²) in [5, 5.41) is 0.392. The first-order valence-electron chi connectivity index (χ1n) is 6.72. The molecule has 1 aromatic rings. The van der Waals surface area contributed by atoms with Gasteiger partial charge in [-0.3, -0.25) is 0 Å². The van der Waals surface area contributed by atoms with E-state index in [1.807, 2.05) is 62.2 Å². The molecule has 112 valence electrons. The van der Waals surface area contributed by atoms with Gasteiger partial charge in [0.25, 0.3) is 0 Å². The Morgan fingerprint density at radius 2 is 2.05 bits per heavy atom. The second-order valence-corrected chi connectivity index (χ2v) is 5.00. The summed E-state index contributed by atoms with van der Waals surface area (Å²) in [5.74, 6) is 0.783. The molecule has 0 heterocycles. The van der Waals surface area contributed by atoms with Crippen molar-refractivity contribution < 1.29 is 4.74 Å². The molecule has 0 unspecified atom stereocenters. The number of hydrogen-bond donors (Lipinski definition) is 0. The third-order valence-corrected chi connectivity index (χ3v) is 2.85. The Labute approximate surface area is 131 Å². The average molecular weight is 305 g/mol. The number of ether oxygens (including phenoxy) is 1. The van der Waals surface area contributed by atoms with Crippen LogP contribution < -0.4 is 4.74 Å². The molecule has 21 heavy (non-hydrogen) atoms. The van der Waals surface area contributed by atoms with Crippen molar-refractivity contribution in [1.82, 2.24) is 4.90 Å². The molecule has 1 aromatic carbocycles. The Hall–Kier alpha value is -2.00. The van der Waals surface area contributed by atoms with Gasteiger partial charge in [-0.15, -0.1) is 0 Å². The Kier molecular flexibility index (Phi) is 7.33. The molecule has 0 radical (unpaired) electrons. The van der Waals surface area contributed by atoms with Crippen LogP contribution in [0.15, 0.2) is 70.5 Å². The molecular weight excluding hydrogens is 284 g/mol. The Balaban J connectivity index is 2.79. The summed E-state index contributed by atoms with van der Waals surface area (Å²) >= 11 is 5.97. The van der Waals surface area contributed by atoms with Crippen LogP contribution >= 0.6 is 11.6 Å². The van der Waals surface area contributed by atoms with E-state index >= 15 is 0 Å². The summed E-state index contributed by atoms with van der Waals surface area (Å²) in [6, 6.07) is 9.57. The van der Waals surface area contributed by atoms with Crippen LogP contribution in [-0.2, 0) is 0 Å². The van der Waals surface area contributed by atoms with Gasteiger partial charge in [-0.2, -0.15) is 0 Å². The Morgan fingerprint density at radius 1 is 1.38 bits per heavy atom. The molecule has 0 fully saturated rings. The van der Waals surface area contributed by atoms with Crippen LogP contribution in [0.25, 0.3) is 0 Å². The van der Waals surface area contributed by atoms with E-state index in [0.29, 0.717) is 10.7 Å². The molecule has 0 aliphatic rings. The molecule has 0 bridgehead atoms. The van der Waals surface area contributed by atoms with Crippen LogP contribution in [0.4, 0.5) is 0 Å². The van der Waals surface area contributed by atoms with E-state index < -0.39 is 0 Å². The minimum atomic E-state index is 0.392. The second-order valence-electron chi connectivity index (χ2n) is 4.55. The van der Waals surface area contributed by atoms with Crippen molar-refractivity contribution in [3.05, 3.63) is 65.6 Å². The van der Waals surface area contributed by atoms with E-state index in [0.717, 1.165) is 17.9 Å². The smallest absolute Gasteiger partial charge is 0.126 e. The van der Waals surface area contributed by atoms with Gasteiger partial charge in [0.05, 0.1) is 23.3 Å². The van der Waals surface area contributed by atoms with Crippen LogP contribution in [0.2, 0.25) is 0 Å². The first-order chi connectivity index (χ1) is 10.0. The van der Waals surface area contributed by atoms with Crippen molar-refractivity contribution in [1.29, 1.82) is 0 Å². The fourth-order valence-electron chi connectivity index (χ4n) is 1.34. The summed E-state index contributed by atoms with van der Waals surface area (Å²) in [4.78, 5) is 6.27. The highest BCUT2D eigenvalue weighted by Gasteiger charge is 1.99. The number of nitrogens with zero attached hydrogens (tertiary/aromatic N) is 2. The van der Waals surface area contributed by atoms with Crippen LogP contribution in [0.3, 0.4) is 0 Å². The lowest BCUT2D eigenvalue weighted by molar-refractivity contribution is 0.477. The molecule has 4 heteroatoms. The lowest BCUT2D eigenvalue weighted by Gasteiger charge is -2.09. The van der Waals surface area contributed by atoms with Crippen LogP contribution in [0, 0.1) is 0 Å². The van der Waals surface area contributed by atoms with Crippen molar-refractivity contribution in [3.8, 4) is 5.75 Å². The summed E-state index contributed by atoms with van der Waals surface area (Å²) in [6.07, 6.45) is 5.22. The maximum Gasteiger partial charge on any atom is 0.126 e. The highest BCUT2D eigenvalue weighted by atomic mass is 35.5. The van der Waals surface area contributed by atoms with E-state index in [9.17, 15) is 0 Å². The molecule has 0 saturated carbocycles. The fourth-order valence-corrected chi connectivity index (χ4v) is 1.44. The maximum absolute atomic E-state index is 5.97. The number of allylic oxidation sites excluding steroid dienone is 3. The molecule has 0 atom stereocenters. The number of para-hydroxylation sites is 1. The predicted molar refractivity (Wildman–Crippen MR) is 90.7 cm³/mol. The van der Waals surface area contributed by atoms with Crippen molar-refractivity contribution in [2.45, 2.75) is 13.8 Å². The van der Waals surface area contributed by atoms with E-state index in [-0.39, 0.29) is 0 Å². The summed E-state index contributed by atoms with van der Waals surface area (Å²) in [7, 11) is 1.94. The zero-order valence-electron chi connectivity index (χ0n) is 12.7. The topological polar surface area (TPSA) is 24.8 Å². The largest absolute Gasteiger partial charge is 0.465 e. The molecule has 0 aliphatic carbocycles. The van der Waals surface area contributed by atoms with Crippen LogP contribution in [0.5, 0.6) is 5.75 Å². The summed E-state index contributed by atoms with van der Waals surface area (Å²) in [6.45, 7) is 8.56. The minimum Gasteiger partial charge on any atom is -0.465 e. The number of benzene rings is 1. The van der Waals surface area contributed by atoms with E-state index in [1.165, 1.54) is 0 Å². The SMILES string of the molecule is C=C(Cl)C(=C\C(C)=C\Oc1ccccc1)/N=C/N(C)CC. The number of rotatable bonds is 7. The van der Waals surface area contributed by atoms with Crippen molar-refractivity contribution in [3.63, 3.8) is 0 Å². The van der Waals surface area contributed by atoms with Crippen molar-refractivity contribution in [2.24, 2.45) is 4.99 Å². The van der Waals surface area contributed by atoms with Gasteiger partial charge in [0.1, 0.15) is 5.75 Å². The quantitative estimate of drug-likeness (QED) is 0.319. The fraction of sp³-hybridized carbons (Fsp3) is 0.235. The molecule has 0 spiro atoms. The Bertz CT molecular complexity index is 547. The zero-order chi connectivity index (χ0) is 15.7. The van der Waals surface area contributed by atoms with E-state index in [1.54, 1.807) is 12.6 Å². The van der Waals surface area contributed by atoms with Crippen LogP contribution in [0.1, 0.15) is 13.8 Å². The average Bonchev–Trinajstić information content (AvgIpc) is 2.49. The molecular formula is C17H21ClN2O. The van der Waals surface area contributed by atoms with E-state index in [4.69, 9.17) is 16.3 Å². The number of halogens is 1. The normalized spacial score (nSPS) is 12.6. The third-order valence-electron chi connectivity index (χ3n) is 2.66. The van der Waals surface area contributed by atoms with Gasteiger partial charge < -0.3 is 9.64 Å². The van der Waals surface area contributed by atoms with Gasteiger partial charge >= 0.3 is 0 Å². The molecule has 0 aliphatic heterocycles. The lowest BCUT2D eigenvalue weighted by atomic mass is 10.2. The third kappa shape index (κ3) is 6.82. The minimum absolute atomic E-state index is 0.392. The van der Waals surface area contributed by atoms with Gasteiger partial charge in [0.2, 0.25) is 0 Å². The first kappa shape index (κ1) is 17.1. The monoisotopic (exact) mass is 304 g/mol. The van der Waals surface area contributed by atoms with E-state index in [2.05, 4.69) is 11.6 Å². The van der Waals surface area contributed by atoms with Crippen molar-refractivity contribution >= 4 is 17.9 Å². The molecule has 0 amide bonds. The molecule has 0 aromatic heterocycles. The lowest BCUT2D eigenvalue weighted by Crippen LogP contribution is -2.14. The number of aliphatic imine (C=N–C) groups is 1. The van der Waals surface area contributed by atoms with Gasteiger partial charge in [-0.25, -0.2) is 4.99 Å². The molecule has 1 rings (SSSR count). The van der Waals surface area contributed by atoms with Crippen molar-refractivity contribution in [2.75, 3.05) is 13.6 Å². The maximum atomic E-state index is 5.97. The highest BCUT2D eigenvalue weighted by Crippen LogP contribution is 2.17. The Morgan fingerprint density at radius 3 is 2.62 bits per heavy atom. The predicted octanol–water partition coefficient (Wildman–Crippen LogP) is 4.59.